The maximum Gasteiger partial charge on any atom is 0.226 e. The average molecular weight is 534 g/mol. The molecule has 3 aliphatic heterocycles. The molecule has 2 amide bonds. The summed E-state index contributed by atoms with van der Waals surface area (Å²) in [6, 6.07) is 14.3. The standard InChI is InChI=1S/C31H43N5O3/c37-29(12-18-34-21-23-35(24-22-34)28-11-5-7-16-32-28)36-19-14-31(15-20-36)13-6-1-2-8-26-9-3-4-10-27(26)39-25-17-33-30(31)38/h3-5,7,9-11,16H,1-2,6,8,12-15,17-25H2,(H,33,38). The van der Waals surface area contributed by atoms with Gasteiger partial charge in [0.2, 0.25) is 11.8 Å². The van der Waals surface area contributed by atoms with E-state index >= 15 is 0 Å². The van der Waals surface area contributed by atoms with Crippen LogP contribution in [-0.2, 0) is 16.0 Å². The van der Waals surface area contributed by atoms with Gasteiger partial charge < -0.3 is 19.9 Å². The summed E-state index contributed by atoms with van der Waals surface area (Å²) < 4.78 is 6.00. The summed E-state index contributed by atoms with van der Waals surface area (Å²) in [6.07, 6.45) is 9.00. The Balaban J connectivity index is 1.08. The predicted molar refractivity (Wildman–Crippen MR) is 153 cm³/mol. The molecule has 1 aromatic heterocycles. The molecule has 0 bridgehead atoms. The average Bonchev–Trinajstić information content (AvgIpc) is 3.00. The van der Waals surface area contributed by atoms with Crippen LogP contribution in [0.15, 0.2) is 48.7 Å². The summed E-state index contributed by atoms with van der Waals surface area (Å²) in [4.78, 5) is 37.6. The van der Waals surface area contributed by atoms with Crippen LogP contribution in [-0.4, -0.2) is 85.6 Å². The van der Waals surface area contributed by atoms with Crippen molar-refractivity contribution in [2.75, 3.05) is 63.9 Å². The number of carbonyl (C=O) groups excluding carboxylic acids is 2. The number of ether oxygens (including phenoxy) is 1. The lowest BCUT2D eigenvalue weighted by Gasteiger charge is -2.41. The number of piperazine rings is 1. The highest BCUT2D eigenvalue weighted by Crippen LogP contribution is 2.38. The lowest BCUT2D eigenvalue weighted by Crippen LogP contribution is -2.51. The minimum absolute atomic E-state index is 0.136. The minimum atomic E-state index is -0.376. The van der Waals surface area contributed by atoms with Crippen molar-refractivity contribution in [2.24, 2.45) is 5.41 Å². The number of nitrogens with zero attached hydrogens (tertiary/aromatic N) is 4. The molecule has 0 atom stereocenters. The van der Waals surface area contributed by atoms with Crippen molar-refractivity contribution in [3.8, 4) is 5.75 Å². The van der Waals surface area contributed by atoms with E-state index in [2.05, 4.69) is 38.3 Å². The van der Waals surface area contributed by atoms with Gasteiger partial charge in [-0.25, -0.2) is 4.98 Å². The molecule has 1 aromatic carbocycles. The zero-order chi connectivity index (χ0) is 26.9. The molecule has 8 nitrogen and oxygen atoms in total. The van der Waals surface area contributed by atoms with E-state index in [4.69, 9.17) is 4.74 Å². The molecule has 39 heavy (non-hydrogen) atoms. The molecule has 0 unspecified atom stereocenters. The van der Waals surface area contributed by atoms with Crippen LogP contribution >= 0.6 is 0 Å². The van der Waals surface area contributed by atoms with Gasteiger partial charge in [0.15, 0.2) is 0 Å². The number of aromatic nitrogens is 1. The molecular weight excluding hydrogens is 490 g/mol. The van der Waals surface area contributed by atoms with Crippen LogP contribution in [0.5, 0.6) is 5.75 Å². The molecule has 8 heteroatoms. The van der Waals surface area contributed by atoms with E-state index < -0.39 is 0 Å². The van der Waals surface area contributed by atoms with Crippen molar-refractivity contribution in [1.82, 2.24) is 20.1 Å². The molecule has 0 radical (unpaired) electrons. The van der Waals surface area contributed by atoms with Gasteiger partial charge in [0.25, 0.3) is 0 Å². The summed E-state index contributed by atoms with van der Waals surface area (Å²) in [6.45, 7) is 6.87. The van der Waals surface area contributed by atoms with Gasteiger partial charge in [-0.1, -0.05) is 37.1 Å². The SMILES string of the molecule is O=C(CCN1CCN(c2ccccn2)CC1)N1CCC2(CCCCCc3ccccc3OCCNC2=O)CC1. The number of benzene rings is 1. The third kappa shape index (κ3) is 7.10. The number of piperidine rings is 1. The third-order valence-electron chi connectivity index (χ3n) is 8.76. The number of hydrogen-bond acceptors (Lipinski definition) is 6. The first-order valence-corrected chi connectivity index (χ1v) is 14.8. The summed E-state index contributed by atoms with van der Waals surface area (Å²) in [5.74, 6) is 2.31. The van der Waals surface area contributed by atoms with Gasteiger partial charge in [0, 0.05) is 58.4 Å². The summed E-state index contributed by atoms with van der Waals surface area (Å²) >= 11 is 0. The van der Waals surface area contributed by atoms with Gasteiger partial charge in [-0.2, -0.15) is 0 Å². The third-order valence-corrected chi connectivity index (χ3v) is 8.76. The first-order chi connectivity index (χ1) is 19.1. The first-order valence-electron chi connectivity index (χ1n) is 14.8. The molecule has 0 aliphatic carbocycles. The summed E-state index contributed by atoms with van der Waals surface area (Å²) in [5, 5.41) is 3.16. The first kappa shape index (κ1) is 27.4. The maximum absolute atomic E-state index is 13.4. The van der Waals surface area contributed by atoms with E-state index in [1.165, 1.54) is 5.56 Å². The van der Waals surface area contributed by atoms with Crippen LogP contribution < -0.4 is 15.0 Å². The quantitative estimate of drug-likeness (QED) is 0.648. The Morgan fingerprint density at radius 2 is 1.72 bits per heavy atom. The molecule has 210 valence electrons. The number of anilines is 1. The fraction of sp³-hybridized carbons (Fsp3) is 0.581. The van der Waals surface area contributed by atoms with Crippen LogP contribution in [0.4, 0.5) is 5.82 Å². The molecular formula is C31H43N5O3. The molecule has 4 heterocycles. The number of pyridine rings is 1. The molecule has 1 spiro atoms. The van der Waals surface area contributed by atoms with Gasteiger partial charge in [0.05, 0.1) is 12.0 Å². The number of likely N-dealkylation sites (tertiary alicyclic amines) is 1. The Morgan fingerprint density at radius 3 is 2.51 bits per heavy atom. The number of hydrogen-bond donors (Lipinski definition) is 1. The highest BCUT2D eigenvalue weighted by Gasteiger charge is 2.41. The van der Waals surface area contributed by atoms with E-state index in [0.717, 1.165) is 89.2 Å². The zero-order valence-electron chi connectivity index (χ0n) is 23.2. The number of carbonyl (C=O) groups is 2. The highest BCUT2D eigenvalue weighted by molar-refractivity contribution is 5.83. The van der Waals surface area contributed by atoms with Crippen LogP contribution in [0, 0.1) is 5.41 Å². The number of amides is 2. The summed E-state index contributed by atoms with van der Waals surface area (Å²) in [7, 11) is 0. The second-order valence-corrected chi connectivity index (χ2v) is 11.2. The molecule has 0 saturated carbocycles. The van der Waals surface area contributed by atoms with E-state index in [0.29, 0.717) is 32.7 Å². The monoisotopic (exact) mass is 533 g/mol. The van der Waals surface area contributed by atoms with Crippen LogP contribution in [0.1, 0.15) is 50.5 Å². The molecule has 1 N–H and O–H groups in total. The fourth-order valence-electron chi connectivity index (χ4n) is 6.25. The maximum atomic E-state index is 13.4. The van der Waals surface area contributed by atoms with E-state index in [9.17, 15) is 9.59 Å². The second kappa shape index (κ2) is 13.3. The summed E-state index contributed by atoms with van der Waals surface area (Å²) in [5.41, 5.74) is 0.874. The minimum Gasteiger partial charge on any atom is -0.491 e. The fourth-order valence-corrected chi connectivity index (χ4v) is 6.25. The largest absolute Gasteiger partial charge is 0.491 e. The number of rotatable bonds is 4. The van der Waals surface area contributed by atoms with Gasteiger partial charge in [-0.3, -0.25) is 14.5 Å². The van der Waals surface area contributed by atoms with Crippen molar-refractivity contribution < 1.29 is 14.3 Å². The zero-order valence-corrected chi connectivity index (χ0v) is 23.2. The van der Waals surface area contributed by atoms with Crippen molar-refractivity contribution in [1.29, 1.82) is 0 Å². The van der Waals surface area contributed by atoms with Crippen LogP contribution in [0.3, 0.4) is 0 Å². The van der Waals surface area contributed by atoms with Crippen molar-refractivity contribution in [3.05, 3.63) is 54.2 Å². The molecule has 5 rings (SSSR count). The number of aryl methyl sites for hydroxylation is 1. The Bertz CT molecular complexity index is 1080. The van der Waals surface area contributed by atoms with Crippen LogP contribution in [0.25, 0.3) is 0 Å². The Kier molecular flexibility index (Phi) is 9.35. The Hall–Kier alpha value is -3.13. The molecule has 3 aliphatic rings. The molecule has 2 fully saturated rings. The van der Waals surface area contributed by atoms with Crippen molar-refractivity contribution in [2.45, 2.75) is 51.4 Å². The topological polar surface area (TPSA) is 78.0 Å². The van der Waals surface area contributed by atoms with Gasteiger partial charge in [-0.05, 0) is 55.9 Å². The van der Waals surface area contributed by atoms with Gasteiger partial charge >= 0.3 is 0 Å². The number of nitrogens with one attached hydrogen (secondary N) is 1. The van der Waals surface area contributed by atoms with Crippen molar-refractivity contribution in [3.63, 3.8) is 0 Å². The smallest absolute Gasteiger partial charge is 0.226 e. The van der Waals surface area contributed by atoms with Gasteiger partial charge in [-0.15, -0.1) is 0 Å². The lowest BCUT2D eigenvalue weighted by atomic mass is 9.73. The second-order valence-electron chi connectivity index (χ2n) is 11.2. The van der Waals surface area contributed by atoms with Crippen molar-refractivity contribution >= 4 is 17.6 Å². The molecule has 2 aromatic rings. The normalized spacial score (nSPS) is 21.1. The Labute approximate surface area is 232 Å². The predicted octanol–water partition coefficient (Wildman–Crippen LogP) is 3.51. The van der Waals surface area contributed by atoms with E-state index in [1.54, 1.807) is 0 Å². The van der Waals surface area contributed by atoms with Gasteiger partial charge in [0.1, 0.15) is 18.2 Å². The highest BCUT2D eigenvalue weighted by atomic mass is 16.5. The number of fused-ring (bicyclic) bond motifs is 1. The van der Waals surface area contributed by atoms with E-state index in [1.807, 2.05) is 35.4 Å². The lowest BCUT2D eigenvalue weighted by molar-refractivity contribution is -0.141. The Morgan fingerprint density at radius 1 is 0.923 bits per heavy atom. The van der Waals surface area contributed by atoms with E-state index in [-0.39, 0.29) is 17.2 Å². The van der Waals surface area contributed by atoms with Crippen LogP contribution in [0.2, 0.25) is 0 Å². The number of para-hydroxylation sites is 1. The molecule has 2 saturated heterocycles.